The van der Waals surface area contributed by atoms with Crippen LogP contribution in [0.4, 0.5) is 17.1 Å². The Hall–Kier alpha value is -9.65. The van der Waals surface area contributed by atoms with Crippen LogP contribution in [0.15, 0.2) is 175 Å². The normalized spacial score (nSPS) is 12.5. The second kappa shape index (κ2) is 29.0. The summed E-state index contributed by atoms with van der Waals surface area (Å²) in [6.45, 7) is 1.08. The van der Waals surface area contributed by atoms with Crippen LogP contribution in [0.2, 0.25) is 0 Å². The van der Waals surface area contributed by atoms with Crippen molar-refractivity contribution in [3.8, 4) is 0 Å². The first-order chi connectivity index (χ1) is 40.4. The molecule has 85 heavy (non-hydrogen) atoms. The highest BCUT2D eigenvalue weighted by Gasteiger charge is 2.34. The van der Waals surface area contributed by atoms with E-state index in [4.69, 9.17) is 9.90 Å². The van der Waals surface area contributed by atoms with Crippen LogP contribution in [-0.2, 0) is 59.1 Å². The quantitative estimate of drug-likeness (QED) is 0.0240. The van der Waals surface area contributed by atoms with E-state index in [0.29, 0.717) is 31.9 Å². The number of para-hydroxylation sites is 6. The number of aromatic amines is 3. The minimum atomic E-state index is -4.30. The summed E-state index contributed by atoms with van der Waals surface area (Å²) in [6, 6.07) is 36.2. The van der Waals surface area contributed by atoms with Gasteiger partial charge in [0, 0.05) is 77.1 Å². The number of nitro benzene ring substituents is 3. The second-order valence-electron chi connectivity index (χ2n) is 18.2. The fourth-order valence-corrected chi connectivity index (χ4v) is 12.9. The number of carbonyl (C=O) groups is 4. The van der Waals surface area contributed by atoms with Gasteiger partial charge in [0.05, 0.1) is 24.7 Å². The maximum Gasteiger partial charge on any atom is 0.321 e. The summed E-state index contributed by atoms with van der Waals surface area (Å²) in [4.78, 5) is 84.7. The number of aliphatic carboxylic acids is 4. The highest BCUT2D eigenvalue weighted by molar-refractivity contribution is 7.99. The Morgan fingerprint density at radius 3 is 1.40 bits per heavy atom. The molecular weight excluding hydrogens is 1170 g/mol. The van der Waals surface area contributed by atoms with Crippen LogP contribution in [0.5, 0.6) is 0 Å². The fraction of sp³-hybridized carbons (Fsp3) is 0.179. The number of H-pyrrole nitrogens is 3. The lowest BCUT2D eigenvalue weighted by Crippen LogP contribution is -2.36. The van der Waals surface area contributed by atoms with E-state index < -0.39 is 88.0 Å². The van der Waals surface area contributed by atoms with Gasteiger partial charge in [-0.2, -0.15) is 0 Å². The lowest BCUT2D eigenvalue weighted by molar-refractivity contribution is -0.388. The Balaban J connectivity index is 0.000000198. The minimum Gasteiger partial charge on any atom is -0.481 e. The predicted octanol–water partition coefficient (Wildman–Crippen LogP) is 8.12. The van der Waals surface area contributed by atoms with Gasteiger partial charge in [0.15, 0.2) is 4.90 Å². The van der Waals surface area contributed by atoms with Crippen molar-refractivity contribution in [2.24, 2.45) is 0 Å². The van der Waals surface area contributed by atoms with Crippen molar-refractivity contribution in [3.05, 3.63) is 193 Å². The van der Waals surface area contributed by atoms with Crippen LogP contribution in [0.25, 0.3) is 32.7 Å². The number of nitrogens with zero attached hydrogens (tertiary/aromatic N) is 3. The number of nitrogens with one attached hydrogen (secondary N) is 6. The minimum absolute atomic E-state index is 0.0190. The number of fused-ring (bicyclic) bond motifs is 3. The zero-order valence-electron chi connectivity index (χ0n) is 45.4. The Labute approximate surface area is 489 Å². The maximum atomic E-state index is 13.3. The molecule has 6 aromatic carbocycles. The zero-order chi connectivity index (χ0) is 62.3. The lowest BCUT2D eigenvalue weighted by atomic mass is 10.1. The molecule has 10 N–H and O–H groups in total. The first-order valence-corrected chi connectivity index (χ1v) is 28.6. The average molecular weight is 1220 g/mol. The van der Waals surface area contributed by atoms with Gasteiger partial charge < -0.3 is 51.3 Å². The number of nitro groups is 3. The van der Waals surface area contributed by atoms with E-state index in [-0.39, 0.29) is 51.1 Å². The molecule has 9 aromatic rings. The molecule has 0 radical (unpaired) electrons. The summed E-state index contributed by atoms with van der Waals surface area (Å²) in [6.07, 6.45) is 0.224. The number of hydrogen-bond donors (Lipinski definition) is 10. The molecule has 0 aliphatic carbocycles. The number of likely N-dealkylation sites (N-methyl/N-ethyl adjacent to an activating group) is 3. The van der Waals surface area contributed by atoms with E-state index in [9.17, 15) is 72.7 Å². The molecule has 29 heteroatoms. The van der Waals surface area contributed by atoms with E-state index >= 15 is 0 Å². The lowest BCUT2D eigenvalue weighted by Gasteiger charge is -2.12. The summed E-state index contributed by atoms with van der Waals surface area (Å²) in [5.74, 6) is -3.95. The number of rotatable bonds is 21. The molecule has 9 rings (SSSR count). The van der Waals surface area contributed by atoms with Gasteiger partial charge >= 0.3 is 17.9 Å². The molecule has 26 nitrogen and oxygen atoms in total. The van der Waals surface area contributed by atoms with Crippen LogP contribution in [0.3, 0.4) is 0 Å². The van der Waals surface area contributed by atoms with Crippen molar-refractivity contribution >= 4 is 106 Å². The number of aromatic nitrogens is 3. The molecule has 3 aromatic heterocycles. The molecule has 0 saturated carbocycles. The van der Waals surface area contributed by atoms with Crippen LogP contribution in [-0.4, -0.2) is 126 Å². The van der Waals surface area contributed by atoms with Gasteiger partial charge in [-0.15, -0.1) is 0 Å². The number of carboxylic acid groups (broad SMARTS) is 4. The third-order valence-electron chi connectivity index (χ3n) is 12.8. The summed E-state index contributed by atoms with van der Waals surface area (Å²) >= 11 is 1.24. The molecule has 0 bridgehead atoms. The molecule has 0 spiro atoms. The number of hydrogen-bond acceptors (Lipinski definition) is 17. The Bertz CT molecular complexity index is 4100. The molecule has 444 valence electrons. The first-order valence-electron chi connectivity index (χ1n) is 25.2. The van der Waals surface area contributed by atoms with Crippen molar-refractivity contribution in [1.82, 2.24) is 30.9 Å². The first kappa shape index (κ1) is 64.5. The van der Waals surface area contributed by atoms with Crippen molar-refractivity contribution in [3.63, 3.8) is 0 Å². The van der Waals surface area contributed by atoms with E-state index in [2.05, 4.69) is 30.9 Å². The topological polar surface area (TPSA) is 413 Å². The third-order valence-corrected chi connectivity index (χ3v) is 17.2. The number of carboxylic acids is 4. The summed E-state index contributed by atoms with van der Waals surface area (Å²) in [5.41, 5.74) is 2.92. The molecule has 0 amide bonds. The van der Waals surface area contributed by atoms with Gasteiger partial charge in [-0.25, -0.2) is 12.6 Å². The SMILES string of the molecule is CC(=O)O.CNC(Cc1c(S(=O)(=O)c2ccccc2[N+](=O)[O-])[nH]c2ccccc12)C(=O)O.CNC(Cc1c(S(=O)c2ccccc2[N+](=O)[O-])[nH]c2ccccc12)C(=O)O.CNC(Cc1c(Sc2ccccc2[N+](=O)[O-])[nH]c2ccccc12)C(=O)O. The van der Waals surface area contributed by atoms with E-state index in [1.165, 1.54) is 62.3 Å². The zero-order valence-corrected chi connectivity index (χ0v) is 47.8. The van der Waals surface area contributed by atoms with Gasteiger partial charge in [0.25, 0.3) is 23.0 Å². The molecular formula is C56H55N9O17S3. The van der Waals surface area contributed by atoms with Gasteiger partial charge in [-0.3, -0.25) is 49.5 Å². The Morgan fingerprint density at radius 2 is 0.906 bits per heavy atom. The smallest absolute Gasteiger partial charge is 0.321 e. The molecule has 0 fully saturated rings. The van der Waals surface area contributed by atoms with E-state index in [1.54, 1.807) is 79.8 Å². The molecule has 3 heterocycles. The second-order valence-corrected chi connectivity index (χ2v) is 22.4. The van der Waals surface area contributed by atoms with Crippen LogP contribution in [0.1, 0.15) is 23.6 Å². The molecule has 0 saturated heterocycles. The molecule has 4 atom stereocenters. The largest absolute Gasteiger partial charge is 0.481 e. The Morgan fingerprint density at radius 1 is 0.529 bits per heavy atom. The molecule has 0 aliphatic heterocycles. The van der Waals surface area contributed by atoms with Crippen LogP contribution < -0.4 is 16.0 Å². The monoisotopic (exact) mass is 1220 g/mol. The number of benzene rings is 6. The van der Waals surface area contributed by atoms with Crippen LogP contribution in [0, 0.1) is 30.3 Å². The van der Waals surface area contributed by atoms with Gasteiger partial charge in [-0.1, -0.05) is 103 Å². The highest BCUT2D eigenvalue weighted by atomic mass is 32.2. The molecule has 4 unspecified atom stereocenters. The molecule has 0 aliphatic rings. The van der Waals surface area contributed by atoms with Gasteiger partial charge in [-0.05, 0) is 74.2 Å². The van der Waals surface area contributed by atoms with Crippen molar-refractivity contribution in [1.29, 1.82) is 0 Å². The van der Waals surface area contributed by atoms with Crippen molar-refractivity contribution in [2.75, 3.05) is 21.1 Å². The fourth-order valence-electron chi connectivity index (χ4n) is 8.78. The van der Waals surface area contributed by atoms with E-state index in [0.717, 1.165) is 40.9 Å². The highest BCUT2D eigenvalue weighted by Crippen LogP contribution is 2.40. The maximum absolute atomic E-state index is 13.3. The predicted molar refractivity (Wildman–Crippen MR) is 314 cm³/mol. The van der Waals surface area contributed by atoms with Gasteiger partial charge in [0.2, 0.25) is 9.84 Å². The summed E-state index contributed by atoms with van der Waals surface area (Å²) in [7, 11) is -1.58. The van der Waals surface area contributed by atoms with Crippen molar-refractivity contribution < 1.29 is 67.0 Å². The van der Waals surface area contributed by atoms with Crippen LogP contribution >= 0.6 is 11.8 Å². The summed E-state index contributed by atoms with van der Waals surface area (Å²) < 4.78 is 39.8. The summed E-state index contributed by atoms with van der Waals surface area (Å²) in [5, 5.41) is 80.5. The van der Waals surface area contributed by atoms with E-state index in [1.807, 2.05) is 24.3 Å². The van der Waals surface area contributed by atoms with Gasteiger partial charge in [0.1, 0.15) is 43.9 Å². The van der Waals surface area contributed by atoms with Crippen molar-refractivity contribution in [2.45, 2.75) is 74.1 Å². The number of sulfone groups is 1. The average Bonchev–Trinajstić information content (AvgIpc) is 2.15. The Kier molecular flexibility index (Phi) is 22.0. The standard InChI is InChI=1S/C18H17N3O6S.C18H17N3O5S.C18H17N3O4S.C2H4O2/c1-19-14(18(22)23)10-12-11-6-2-3-7-13(11)20-17(12)28(26,27)16-9-5-4-8-15(16)21(24)25;1-19-14(18(22)23)10-12-11-6-2-3-7-13(11)20-17(12)27(26)16-9-5-4-8-15(16)21(24)25;1-19-14(18(22)23)10-12-11-6-2-3-7-13(11)20-17(12)26-16-9-5-4-8-15(16)21(24)25;1-2(3)4/h2-9,14,19-20H,10H2,1H3,(H,22,23);2-9,14,19-20H,10H2,1H3,(H,22,23);2-9,14,19-20H,10H2,1H3,(H,22,23);1H3,(H,3,4). The third kappa shape index (κ3) is 15.5.